The maximum Gasteiger partial charge on any atom is 0.328 e. The highest BCUT2D eigenvalue weighted by Crippen LogP contribution is 2.33. The number of terminal acetylenes is 1. The summed E-state index contributed by atoms with van der Waals surface area (Å²) >= 11 is 0. The number of carboxylic acid groups (broad SMARTS) is 1. The number of hydrogen-bond donors (Lipinski definition) is 2. The van der Waals surface area contributed by atoms with Crippen molar-refractivity contribution in [2.24, 2.45) is 0 Å². The molecule has 19 heavy (non-hydrogen) atoms. The molecule has 2 N–H and O–H groups in total. The summed E-state index contributed by atoms with van der Waals surface area (Å²) in [6.07, 6.45) is 5.17. The maximum absolute atomic E-state index is 11.5. The van der Waals surface area contributed by atoms with Gasteiger partial charge in [0.2, 0.25) is 0 Å². The number of carboxylic acids is 1. The minimum Gasteiger partial charge on any atom is -0.497 e. The topological polar surface area (TPSA) is 67.8 Å². The minimum absolute atomic E-state index is 0.137. The van der Waals surface area contributed by atoms with E-state index in [1.165, 1.54) is 21.1 Å². The van der Waals surface area contributed by atoms with Gasteiger partial charge in [0, 0.05) is 11.6 Å². The fourth-order valence-electron chi connectivity index (χ4n) is 1.73. The molecule has 1 aromatic rings. The van der Waals surface area contributed by atoms with Gasteiger partial charge >= 0.3 is 5.97 Å². The summed E-state index contributed by atoms with van der Waals surface area (Å²) in [6, 6.07) is 4.96. The fraction of sp³-hybridized carbons (Fsp3) is 0.357. The average Bonchev–Trinajstić information content (AvgIpc) is 2.43. The van der Waals surface area contributed by atoms with Gasteiger partial charge in [-0.05, 0) is 19.1 Å². The molecule has 0 fully saturated rings. The Bertz CT molecular complexity index is 507. The number of rotatable bonds is 6. The van der Waals surface area contributed by atoms with Gasteiger partial charge in [0.05, 0.1) is 20.8 Å². The van der Waals surface area contributed by atoms with E-state index in [1.807, 2.05) is 0 Å². The molecule has 0 heterocycles. The molecule has 0 aliphatic heterocycles. The van der Waals surface area contributed by atoms with Crippen molar-refractivity contribution in [2.75, 3.05) is 20.8 Å². The van der Waals surface area contributed by atoms with E-state index in [1.54, 1.807) is 18.2 Å². The SMILES string of the molecule is C#CCNC(C)(C(=O)O)c1ccc(OC)cc1OC. The number of benzene rings is 1. The number of ether oxygens (including phenoxy) is 2. The van der Waals surface area contributed by atoms with Crippen molar-refractivity contribution in [1.82, 2.24) is 5.32 Å². The van der Waals surface area contributed by atoms with E-state index < -0.39 is 11.5 Å². The average molecular weight is 263 g/mol. The lowest BCUT2D eigenvalue weighted by Gasteiger charge is -2.27. The lowest BCUT2D eigenvalue weighted by Crippen LogP contribution is -2.47. The molecule has 0 saturated carbocycles. The van der Waals surface area contributed by atoms with Gasteiger partial charge in [0.1, 0.15) is 17.0 Å². The number of carbonyl (C=O) groups is 1. The van der Waals surface area contributed by atoms with Crippen LogP contribution in [0.25, 0.3) is 0 Å². The third kappa shape index (κ3) is 2.98. The van der Waals surface area contributed by atoms with Gasteiger partial charge in [0.15, 0.2) is 0 Å². The number of nitrogens with one attached hydrogen (secondary N) is 1. The zero-order valence-electron chi connectivity index (χ0n) is 11.2. The highest BCUT2D eigenvalue weighted by Gasteiger charge is 2.37. The first-order chi connectivity index (χ1) is 8.99. The maximum atomic E-state index is 11.5. The Morgan fingerprint density at radius 3 is 2.63 bits per heavy atom. The highest BCUT2D eigenvalue weighted by atomic mass is 16.5. The van der Waals surface area contributed by atoms with E-state index in [0.29, 0.717) is 17.1 Å². The Hall–Kier alpha value is -2.19. The quantitative estimate of drug-likeness (QED) is 0.755. The summed E-state index contributed by atoms with van der Waals surface area (Å²) in [7, 11) is 3.00. The molecule has 0 aliphatic carbocycles. The van der Waals surface area contributed by atoms with Crippen LogP contribution in [-0.2, 0) is 10.3 Å². The third-order valence-corrected chi connectivity index (χ3v) is 2.92. The molecule has 1 rings (SSSR count). The summed E-state index contributed by atoms with van der Waals surface area (Å²) in [4.78, 5) is 11.5. The van der Waals surface area contributed by atoms with Crippen LogP contribution in [0.2, 0.25) is 0 Å². The van der Waals surface area contributed by atoms with Gasteiger partial charge < -0.3 is 14.6 Å². The van der Waals surface area contributed by atoms with Crippen molar-refractivity contribution in [3.8, 4) is 23.8 Å². The zero-order chi connectivity index (χ0) is 14.5. The predicted octanol–water partition coefficient (Wildman–Crippen LogP) is 1.23. The fourth-order valence-corrected chi connectivity index (χ4v) is 1.73. The smallest absolute Gasteiger partial charge is 0.328 e. The Kier molecular flexibility index (Phi) is 4.79. The molecular weight excluding hydrogens is 246 g/mol. The summed E-state index contributed by atoms with van der Waals surface area (Å²) < 4.78 is 10.3. The summed E-state index contributed by atoms with van der Waals surface area (Å²) in [5.74, 6) is 2.35. The number of aliphatic carboxylic acids is 1. The Labute approximate surface area is 112 Å². The standard InChI is InChI=1S/C14H17NO4/c1-5-8-15-14(2,13(16)17)11-7-6-10(18-3)9-12(11)19-4/h1,6-7,9,15H,8H2,2-4H3,(H,16,17). The van der Waals surface area contributed by atoms with Gasteiger partial charge in [0.25, 0.3) is 0 Å². The van der Waals surface area contributed by atoms with Crippen LogP contribution in [-0.4, -0.2) is 31.8 Å². The number of hydrogen-bond acceptors (Lipinski definition) is 4. The van der Waals surface area contributed by atoms with Crippen molar-refractivity contribution in [2.45, 2.75) is 12.5 Å². The molecule has 0 saturated heterocycles. The van der Waals surface area contributed by atoms with Gasteiger partial charge in [-0.25, -0.2) is 4.79 Å². The molecule has 5 nitrogen and oxygen atoms in total. The third-order valence-electron chi connectivity index (χ3n) is 2.92. The first-order valence-corrected chi connectivity index (χ1v) is 5.64. The van der Waals surface area contributed by atoms with E-state index >= 15 is 0 Å². The molecule has 1 atom stereocenters. The van der Waals surface area contributed by atoms with Crippen molar-refractivity contribution in [1.29, 1.82) is 0 Å². The Balaban J connectivity index is 3.30. The monoisotopic (exact) mass is 263 g/mol. The summed E-state index contributed by atoms with van der Waals surface area (Å²) in [6.45, 7) is 1.68. The molecule has 0 bridgehead atoms. The van der Waals surface area contributed by atoms with Crippen LogP contribution < -0.4 is 14.8 Å². The van der Waals surface area contributed by atoms with E-state index in [-0.39, 0.29) is 6.54 Å². The normalized spacial score (nSPS) is 13.2. The van der Waals surface area contributed by atoms with E-state index in [4.69, 9.17) is 15.9 Å². The zero-order valence-corrected chi connectivity index (χ0v) is 11.2. The van der Waals surface area contributed by atoms with Gasteiger partial charge in [-0.3, -0.25) is 5.32 Å². The van der Waals surface area contributed by atoms with Crippen LogP contribution in [0.4, 0.5) is 0 Å². The van der Waals surface area contributed by atoms with Crippen molar-refractivity contribution < 1.29 is 19.4 Å². The first kappa shape index (κ1) is 14.9. The van der Waals surface area contributed by atoms with Gasteiger partial charge in [-0.1, -0.05) is 5.92 Å². The predicted molar refractivity (Wildman–Crippen MR) is 71.4 cm³/mol. The van der Waals surface area contributed by atoms with Crippen LogP contribution in [0.3, 0.4) is 0 Å². The van der Waals surface area contributed by atoms with E-state index in [2.05, 4.69) is 11.2 Å². The van der Waals surface area contributed by atoms with E-state index in [0.717, 1.165) is 0 Å². The number of methoxy groups -OCH3 is 2. The second kappa shape index (κ2) is 6.12. The lowest BCUT2D eigenvalue weighted by atomic mass is 9.91. The Morgan fingerprint density at radius 2 is 2.16 bits per heavy atom. The second-order valence-electron chi connectivity index (χ2n) is 4.05. The van der Waals surface area contributed by atoms with Crippen molar-refractivity contribution in [3.05, 3.63) is 23.8 Å². The van der Waals surface area contributed by atoms with Gasteiger partial charge in [-0.15, -0.1) is 6.42 Å². The van der Waals surface area contributed by atoms with Crippen LogP contribution in [0, 0.1) is 12.3 Å². The van der Waals surface area contributed by atoms with Crippen LogP contribution in [0.15, 0.2) is 18.2 Å². The Morgan fingerprint density at radius 1 is 1.47 bits per heavy atom. The molecule has 0 amide bonds. The summed E-state index contributed by atoms with van der Waals surface area (Å²) in [5.41, 5.74) is -0.845. The highest BCUT2D eigenvalue weighted by molar-refractivity contribution is 5.81. The molecule has 102 valence electrons. The van der Waals surface area contributed by atoms with Gasteiger partial charge in [-0.2, -0.15) is 0 Å². The molecule has 0 aliphatic rings. The molecule has 1 aromatic carbocycles. The molecule has 5 heteroatoms. The van der Waals surface area contributed by atoms with Crippen LogP contribution in [0.5, 0.6) is 11.5 Å². The first-order valence-electron chi connectivity index (χ1n) is 5.64. The van der Waals surface area contributed by atoms with Crippen molar-refractivity contribution in [3.63, 3.8) is 0 Å². The molecular formula is C14H17NO4. The molecule has 1 unspecified atom stereocenters. The largest absolute Gasteiger partial charge is 0.497 e. The van der Waals surface area contributed by atoms with Crippen LogP contribution in [0.1, 0.15) is 12.5 Å². The van der Waals surface area contributed by atoms with Crippen molar-refractivity contribution >= 4 is 5.97 Å². The molecule has 0 aromatic heterocycles. The summed E-state index contributed by atoms with van der Waals surface area (Å²) in [5, 5.41) is 12.3. The second-order valence-corrected chi connectivity index (χ2v) is 4.05. The lowest BCUT2D eigenvalue weighted by molar-refractivity contribution is -0.144. The molecule has 0 radical (unpaired) electrons. The minimum atomic E-state index is -1.33. The van der Waals surface area contributed by atoms with E-state index in [9.17, 15) is 9.90 Å². The van der Waals surface area contributed by atoms with Crippen LogP contribution >= 0.6 is 0 Å². The molecule has 0 spiro atoms.